The van der Waals surface area contributed by atoms with Gasteiger partial charge in [0.25, 0.3) is 0 Å². The van der Waals surface area contributed by atoms with Crippen molar-refractivity contribution < 1.29 is 43.4 Å². The minimum Gasteiger partial charge on any atom is -0.497 e. The van der Waals surface area contributed by atoms with Crippen LogP contribution < -0.4 is 23.7 Å². The van der Waals surface area contributed by atoms with E-state index in [4.69, 9.17) is 28.4 Å². The quantitative estimate of drug-likeness (QED) is 0.473. The minimum atomic E-state index is -2.15. The van der Waals surface area contributed by atoms with E-state index in [2.05, 4.69) is 0 Å². The predicted molar refractivity (Wildman–Crippen MR) is 134 cm³/mol. The van der Waals surface area contributed by atoms with E-state index in [0.717, 1.165) is 0 Å². The Morgan fingerprint density at radius 3 is 2.42 bits per heavy atom. The molecule has 38 heavy (non-hydrogen) atoms. The van der Waals surface area contributed by atoms with Gasteiger partial charge in [-0.15, -0.1) is 0 Å². The Morgan fingerprint density at radius 1 is 1.03 bits per heavy atom. The molecule has 2 heterocycles. The fourth-order valence-electron chi connectivity index (χ4n) is 6.33. The van der Waals surface area contributed by atoms with Crippen molar-refractivity contribution in [2.75, 3.05) is 27.6 Å². The van der Waals surface area contributed by atoms with E-state index in [1.54, 1.807) is 44.4 Å². The summed E-state index contributed by atoms with van der Waals surface area (Å²) < 4.78 is 34.6. The Bertz CT molecular complexity index is 1370. The van der Waals surface area contributed by atoms with Gasteiger partial charge in [-0.2, -0.15) is 0 Å². The molecule has 3 aliphatic rings. The molecule has 5 atom stereocenters. The number of hydrogen-bond donors (Lipinski definition) is 2. The lowest BCUT2D eigenvalue weighted by Gasteiger charge is -2.40. The van der Waals surface area contributed by atoms with Crippen LogP contribution in [0.3, 0.4) is 0 Å². The summed E-state index contributed by atoms with van der Waals surface area (Å²) in [5, 5.41) is 24.9. The number of rotatable bonds is 6. The summed E-state index contributed by atoms with van der Waals surface area (Å²) >= 11 is 0. The number of methoxy groups -OCH3 is 2. The maximum Gasteiger partial charge on any atom is 0.312 e. The molecule has 0 radical (unpaired) electrons. The van der Waals surface area contributed by atoms with Crippen molar-refractivity contribution in [2.24, 2.45) is 5.92 Å². The van der Waals surface area contributed by atoms with Gasteiger partial charge in [-0.1, -0.05) is 42.5 Å². The van der Waals surface area contributed by atoms with Gasteiger partial charge in [-0.3, -0.25) is 4.79 Å². The molecule has 9 nitrogen and oxygen atoms in total. The number of benzene rings is 3. The smallest absolute Gasteiger partial charge is 0.312 e. The lowest BCUT2D eigenvalue weighted by molar-refractivity contribution is -0.162. The van der Waals surface area contributed by atoms with Crippen molar-refractivity contribution >= 4 is 5.97 Å². The first kappa shape index (κ1) is 24.4. The molecule has 0 aromatic heterocycles. The Morgan fingerprint density at radius 2 is 1.76 bits per heavy atom. The lowest BCUT2D eigenvalue weighted by atomic mass is 9.70. The molecule has 9 heteroatoms. The van der Waals surface area contributed by atoms with Crippen molar-refractivity contribution in [1.29, 1.82) is 0 Å². The Labute approximate surface area is 219 Å². The van der Waals surface area contributed by atoms with Crippen LogP contribution >= 0.6 is 0 Å². The zero-order chi connectivity index (χ0) is 26.7. The first-order chi connectivity index (χ1) is 18.4. The molecule has 3 aromatic rings. The standard InChI is InChI=1S/C29H28O9/c1-4-35-27(31)21-22(16-8-6-5-7-9-16)29(17-10-12-18(33-2)13-11-17)28(32,26(21)30)23-19(38-29)14-20-24(25(23)34-3)37-15-36-20/h5-14,21-22,26,30,32H,4,15H2,1-3H3/t21-,22-,26-,28+,29+/m1/s1. The van der Waals surface area contributed by atoms with Gasteiger partial charge in [0.1, 0.15) is 17.6 Å². The topological polar surface area (TPSA) is 113 Å². The summed E-state index contributed by atoms with van der Waals surface area (Å²) in [4.78, 5) is 13.5. The third-order valence-corrected chi connectivity index (χ3v) is 7.81. The first-order valence-electron chi connectivity index (χ1n) is 12.4. The number of esters is 1. The highest BCUT2D eigenvalue weighted by atomic mass is 16.7. The zero-order valence-electron chi connectivity index (χ0n) is 21.2. The lowest BCUT2D eigenvalue weighted by Crippen LogP contribution is -2.52. The van der Waals surface area contributed by atoms with Crippen LogP contribution in [0.5, 0.6) is 28.7 Å². The molecule has 0 spiro atoms. The Balaban J connectivity index is 1.69. The largest absolute Gasteiger partial charge is 0.497 e. The maximum atomic E-state index is 13.5. The second-order valence-electron chi connectivity index (χ2n) is 9.46. The number of carbonyl (C=O) groups is 1. The average Bonchev–Trinajstić information content (AvgIpc) is 3.57. The maximum absolute atomic E-state index is 13.5. The highest BCUT2D eigenvalue weighted by molar-refractivity contribution is 5.79. The van der Waals surface area contributed by atoms with E-state index >= 15 is 0 Å². The zero-order valence-corrected chi connectivity index (χ0v) is 21.2. The van der Waals surface area contributed by atoms with Gasteiger partial charge in [-0.25, -0.2) is 0 Å². The molecule has 1 fully saturated rings. The van der Waals surface area contributed by atoms with Gasteiger partial charge in [0.2, 0.25) is 12.5 Å². The van der Waals surface area contributed by atoms with Crippen LogP contribution in [0.15, 0.2) is 60.7 Å². The van der Waals surface area contributed by atoms with Crippen molar-refractivity contribution in [3.8, 4) is 28.7 Å². The minimum absolute atomic E-state index is 0.0305. The predicted octanol–water partition coefficient (Wildman–Crippen LogP) is 3.25. The van der Waals surface area contributed by atoms with Crippen molar-refractivity contribution in [2.45, 2.75) is 30.1 Å². The Hall–Kier alpha value is -3.95. The molecule has 2 N–H and O–H groups in total. The fourth-order valence-corrected chi connectivity index (χ4v) is 6.33. The molecule has 3 aromatic carbocycles. The van der Waals surface area contributed by atoms with Crippen molar-refractivity contribution in [3.05, 3.63) is 77.4 Å². The first-order valence-corrected chi connectivity index (χ1v) is 12.4. The van der Waals surface area contributed by atoms with Crippen molar-refractivity contribution in [3.63, 3.8) is 0 Å². The number of ether oxygens (including phenoxy) is 6. The van der Waals surface area contributed by atoms with E-state index in [-0.39, 0.29) is 36.2 Å². The highest BCUT2D eigenvalue weighted by Crippen LogP contribution is 2.71. The van der Waals surface area contributed by atoms with Crippen LogP contribution in [0.2, 0.25) is 0 Å². The van der Waals surface area contributed by atoms with Crippen LogP contribution in [-0.4, -0.2) is 49.9 Å². The number of aliphatic hydroxyl groups excluding tert-OH is 1. The molecular weight excluding hydrogens is 492 g/mol. The van der Waals surface area contributed by atoms with Crippen molar-refractivity contribution in [1.82, 2.24) is 0 Å². The van der Waals surface area contributed by atoms with E-state index in [1.807, 2.05) is 30.3 Å². The van der Waals surface area contributed by atoms with Crippen LogP contribution in [0.4, 0.5) is 0 Å². The molecule has 0 saturated heterocycles. The Kier molecular flexibility index (Phi) is 5.66. The molecule has 0 amide bonds. The molecule has 1 saturated carbocycles. The monoisotopic (exact) mass is 520 g/mol. The van der Waals surface area contributed by atoms with Gasteiger partial charge in [0.15, 0.2) is 22.7 Å². The van der Waals surface area contributed by atoms with E-state index in [0.29, 0.717) is 22.6 Å². The molecule has 2 aliphatic heterocycles. The third-order valence-electron chi connectivity index (χ3n) is 7.81. The number of aliphatic hydroxyl groups is 2. The molecular formula is C29H28O9. The van der Waals surface area contributed by atoms with Gasteiger partial charge >= 0.3 is 5.97 Å². The molecule has 6 rings (SSSR count). The van der Waals surface area contributed by atoms with Gasteiger partial charge in [0.05, 0.1) is 32.3 Å². The third kappa shape index (κ3) is 3.03. The summed E-state index contributed by atoms with van der Waals surface area (Å²) in [6, 6.07) is 17.8. The van der Waals surface area contributed by atoms with Crippen LogP contribution in [0, 0.1) is 5.92 Å². The highest BCUT2D eigenvalue weighted by Gasteiger charge is 2.78. The van der Waals surface area contributed by atoms with E-state index < -0.39 is 35.1 Å². The average molecular weight is 521 g/mol. The number of fused-ring (bicyclic) bond motifs is 4. The number of carbonyl (C=O) groups excluding carboxylic acids is 1. The fraction of sp³-hybridized carbons (Fsp3) is 0.345. The summed E-state index contributed by atoms with van der Waals surface area (Å²) in [6.07, 6.45) is -1.63. The normalized spacial score (nSPS) is 28.3. The second-order valence-corrected chi connectivity index (χ2v) is 9.46. The SMILES string of the molecule is CCOC(=O)[C@H]1[C@@H](O)[C@@]2(O)c3c(cc4c(c3OC)OCO4)O[C@@]2(c2ccc(OC)cc2)[C@@H]1c1ccccc1. The molecule has 0 unspecified atom stereocenters. The van der Waals surface area contributed by atoms with E-state index in [9.17, 15) is 15.0 Å². The summed E-state index contributed by atoms with van der Waals surface area (Å²) in [6.45, 7) is 1.77. The number of hydrogen-bond acceptors (Lipinski definition) is 9. The molecule has 1 aliphatic carbocycles. The van der Waals surface area contributed by atoms with Gasteiger partial charge in [0, 0.05) is 12.0 Å². The second kappa shape index (κ2) is 8.82. The van der Waals surface area contributed by atoms with Crippen LogP contribution in [0.25, 0.3) is 0 Å². The van der Waals surface area contributed by atoms with Gasteiger partial charge < -0.3 is 38.6 Å². The van der Waals surface area contributed by atoms with Gasteiger partial charge in [-0.05, 0) is 30.2 Å². The summed E-state index contributed by atoms with van der Waals surface area (Å²) in [5.41, 5.74) is -2.42. The molecule has 198 valence electrons. The van der Waals surface area contributed by atoms with E-state index in [1.165, 1.54) is 7.11 Å². The summed E-state index contributed by atoms with van der Waals surface area (Å²) in [7, 11) is 2.99. The van der Waals surface area contributed by atoms with Crippen LogP contribution in [-0.2, 0) is 20.7 Å². The summed E-state index contributed by atoms with van der Waals surface area (Å²) in [5.74, 6) is -0.972. The molecule has 0 bridgehead atoms. The van der Waals surface area contributed by atoms with Crippen LogP contribution in [0.1, 0.15) is 29.5 Å².